The summed E-state index contributed by atoms with van der Waals surface area (Å²) in [6.07, 6.45) is 2.78. The highest BCUT2D eigenvalue weighted by Crippen LogP contribution is 2.24. The highest BCUT2D eigenvalue weighted by molar-refractivity contribution is 5.88. The molecule has 0 unspecified atom stereocenters. The van der Waals surface area contributed by atoms with Crippen molar-refractivity contribution in [3.8, 4) is 0 Å². The highest BCUT2D eigenvalue weighted by atomic mass is 19.1. The van der Waals surface area contributed by atoms with E-state index in [0.717, 1.165) is 17.0 Å². The van der Waals surface area contributed by atoms with Crippen molar-refractivity contribution < 1.29 is 13.7 Å². The number of carbonyl (C=O) groups is 1. The van der Waals surface area contributed by atoms with Gasteiger partial charge in [-0.1, -0.05) is 5.16 Å². The molecule has 3 heterocycles. The minimum absolute atomic E-state index is 0.0663. The van der Waals surface area contributed by atoms with Crippen LogP contribution in [0.1, 0.15) is 23.4 Å². The third-order valence-electron chi connectivity index (χ3n) is 4.48. The van der Waals surface area contributed by atoms with Gasteiger partial charge in [0.15, 0.2) is 0 Å². The van der Waals surface area contributed by atoms with Crippen molar-refractivity contribution in [2.24, 2.45) is 7.05 Å². The predicted octanol–water partition coefficient (Wildman–Crippen LogP) is 1.76. The lowest BCUT2D eigenvalue weighted by molar-refractivity contribution is 0.223. The van der Waals surface area contributed by atoms with Crippen LogP contribution in [0.25, 0.3) is 0 Å². The Morgan fingerprint density at radius 3 is 2.92 bits per heavy atom. The average Bonchev–Trinajstić information content (AvgIpc) is 3.21. The van der Waals surface area contributed by atoms with E-state index in [1.807, 2.05) is 18.7 Å². The van der Waals surface area contributed by atoms with Crippen LogP contribution in [0.5, 0.6) is 0 Å². The molecule has 0 bridgehead atoms. The second kappa shape index (κ2) is 7.22. The number of likely N-dealkylation sites (tertiary alicyclic amines) is 1. The van der Waals surface area contributed by atoms with Crippen LogP contribution in [0.3, 0.4) is 0 Å². The van der Waals surface area contributed by atoms with Gasteiger partial charge >= 0.3 is 6.03 Å². The third-order valence-corrected chi connectivity index (χ3v) is 4.48. The first-order valence-electron chi connectivity index (χ1n) is 8.25. The normalized spacial score (nSPS) is 20.8. The summed E-state index contributed by atoms with van der Waals surface area (Å²) >= 11 is 0. The van der Waals surface area contributed by atoms with Gasteiger partial charge in [0.1, 0.15) is 11.9 Å². The molecular weight excluding hydrogens is 327 g/mol. The van der Waals surface area contributed by atoms with Gasteiger partial charge in [-0.3, -0.25) is 9.58 Å². The van der Waals surface area contributed by atoms with Crippen molar-refractivity contribution in [1.29, 1.82) is 0 Å². The molecule has 9 heteroatoms. The molecule has 8 nitrogen and oxygen atoms in total. The first kappa shape index (κ1) is 17.4. The Hall–Kier alpha value is -2.42. The van der Waals surface area contributed by atoms with Crippen molar-refractivity contribution in [1.82, 2.24) is 25.2 Å². The van der Waals surface area contributed by atoms with Crippen molar-refractivity contribution in [2.75, 3.05) is 18.4 Å². The Balaban J connectivity index is 1.55. The van der Waals surface area contributed by atoms with Gasteiger partial charge < -0.3 is 15.2 Å². The summed E-state index contributed by atoms with van der Waals surface area (Å²) in [4.78, 5) is 14.0. The summed E-state index contributed by atoms with van der Waals surface area (Å²) in [5.74, 6) is 0.751. The molecule has 2 amide bonds. The molecule has 0 spiro atoms. The van der Waals surface area contributed by atoms with Crippen molar-refractivity contribution in [3.63, 3.8) is 0 Å². The Kier molecular flexibility index (Phi) is 5.03. The standard InChI is InChI=1S/C16H23FN6O2/c1-10-15(11(2)25-21-10)9-23-7-12(17)4-14(23)6-18-16(24)20-13-5-19-22(3)8-13/h5,8,12,14H,4,6-7,9H2,1-3H3,(H2,18,20,24)/t12-,14-/m0/s1. The molecule has 0 radical (unpaired) electrons. The molecule has 1 aliphatic rings. The first-order chi connectivity index (χ1) is 11.9. The van der Waals surface area contributed by atoms with E-state index in [2.05, 4.69) is 20.9 Å². The number of nitrogens with one attached hydrogen (secondary N) is 2. The maximum absolute atomic E-state index is 13.9. The number of carbonyl (C=O) groups excluding carboxylic acids is 1. The molecule has 136 valence electrons. The van der Waals surface area contributed by atoms with Crippen LogP contribution in [-0.4, -0.2) is 51.2 Å². The van der Waals surface area contributed by atoms with E-state index in [0.29, 0.717) is 31.7 Å². The molecule has 1 fully saturated rings. The van der Waals surface area contributed by atoms with E-state index in [1.165, 1.54) is 0 Å². The number of rotatable bonds is 5. The van der Waals surface area contributed by atoms with Gasteiger partial charge in [0.25, 0.3) is 0 Å². The van der Waals surface area contributed by atoms with E-state index < -0.39 is 6.17 Å². The molecule has 0 aliphatic carbocycles. The van der Waals surface area contributed by atoms with Crippen LogP contribution >= 0.6 is 0 Å². The van der Waals surface area contributed by atoms with Gasteiger partial charge in [0, 0.05) is 44.5 Å². The summed E-state index contributed by atoms with van der Waals surface area (Å²) in [5.41, 5.74) is 2.42. The molecule has 2 N–H and O–H groups in total. The zero-order valence-electron chi connectivity index (χ0n) is 14.6. The van der Waals surface area contributed by atoms with Crippen molar-refractivity contribution >= 4 is 11.7 Å². The van der Waals surface area contributed by atoms with Gasteiger partial charge in [0.2, 0.25) is 0 Å². The summed E-state index contributed by atoms with van der Waals surface area (Å²) in [6.45, 7) is 5.02. The Bertz CT molecular complexity index is 723. The molecular formula is C16H23FN6O2. The van der Waals surface area contributed by atoms with Gasteiger partial charge in [-0.05, 0) is 20.3 Å². The number of aromatic nitrogens is 3. The van der Waals surface area contributed by atoms with E-state index in [1.54, 1.807) is 24.1 Å². The Labute approximate surface area is 145 Å². The monoisotopic (exact) mass is 350 g/mol. The van der Waals surface area contributed by atoms with Gasteiger partial charge in [-0.15, -0.1) is 0 Å². The predicted molar refractivity (Wildman–Crippen MR) is 89.9 cm³/mol. The highest BCUT2D eigenvalue weighted by Gasteiger charge is 2.33. The SMILES string of the molecule is Cc1noc(C)c1CN1C[C@@H](F)C[C@H]1CNC(=O)Nc1cnn(C)c1. The van der Waals surface area contributed by atoms with Crippen LogP contribution in [0.4, 0.5) is 14.9 Å². The quantitative estimate of drug-likeness (QED) is 0.858. The van der Waals surface area contributed by atoms with Crippen LogP contribution in [0.15, 0.2) is 16.9 Å². The summed E-state index contributed by atoms with van der Waals surface area (Å²) in [7, 11) is 1.77. The minimum atomic E-state index is -0.895. The largest absolute Gasteiger partial charge is 0.361 e. The Morgan fingerprint density at radius 2 is 2.28 bits per heavy atom. The molecule has 2 aromatic heterocycles. The molecule has 0 saturated carbocycles. The lowest BCUT2D eigenvalue weighted by Gasteiger charge is -2.24. The summed E-state index contributed by atoms with van der Waals surface area (Å²) < 4.78 is 20.7. The zero-order chi connectivity index (χ0) is 18.0. The van der Waals surface area contributed by atoms with Gasteiger partial charge in [-0.2, -0.15) is 5.10 Å². The minimum Gasteiger partial charge on any atom is -0.361 e. The number of alkyl halides is 1. The van der Waals surface area contributed by atoms with Crippen LogP contribution in [-0.2, 0) is 13.6 Å². The van der Waals surface area contributed by atoms with Crippen LogP contribution in [0, 0.1) is 13.8 Å². The lowest BCUT2D eigenvalue weighted by Crippen LogP contribution is -2.41. The molecule has 25 heavy (non-hydrogen) atoms. The van der Waals surface area contributed by atoms with Gasteiger partial charge in [-0.25, -0.2) is 9.18 Å². The number of amides is 2. The molecule has 1 saturated heterocycles. The molecule has 2 atom stereocenters. The average molecular weight is 350 g/mol. The van der Waals surface area contributed by atoms with Crippen LogP contribution < -0.4 is 10.6 Å². The fourth-order valence-electron chi connectivity index (χ4n) is 3.13. The maximum atomic E-state index is 13.9. The van der Waals surface area contributed by atoms with E-state index in [4.69, 9.17) is 4.52 Å². The number of anilines is 1. The number of aryl methyl sites for hydroxylation is 3. The maximum Gasteiger partial charge on any atom is 0.319 e. The zero-order valence-corrected chi connectivity index (χ0v) is 14.6. The molecule has 0 aromatic carbocycles. The van der Waals surface area contributed by atoms with E-state index in [-0.39, 0.29) is 12.1 Å². The lowest BCUT2D eigenvalue weighted by atomic mass is 10.1. The van der Waals surface area contributed by atoms with E-state index in [9.17, 15) is 9.18 Å². The topological polar surface area (TPSA) is 88.2 Å². The smallest absolute Gasteiger partial charge is 0.319 e. The fraction of sp³-hybridized carbons (Fsp3) is 0.562. The molecule has 3 rings (SSSR count). The molecule has 1 aliphatic heterocycles. The van der Waals surface area contributed by atoms with Crippen LogP contribution in [0.2, 0.25) is 0 Å². The second-order valence-corrected chi connectivity index (χ2v) is 6.46. The number of nitrogens with zero attached hydrogens (tertiary/aromatic N) is 4. The first-order valence-corrected chi connectivity index (χ1v) is 8.25. The fourth-order valence-corrected chi connectivity index (χ4v) is 3.13. The Morgan fingerprint density at radius 1 is 1.48 bits per heavy atom. The summed E-state index contributed by atoms with van der Waals surface area (Å²) in [6, 6.07) is -0.393. The second-order valence-electron chi connectivity index (χ2n) is 6.46. The summed E-state index contributed by atoms with van der Waals surface area (Å²) in [5, 5.41) is 13.4. The van der Waals surface area contributed by atoms with Crippen molar-refractivity contribution in [3.05, 3.63) is 29.4 Å². The molecule has 2 aromatic rings. The third kappa shape index (κ3) is 4.16. The van der Waals surface area contributed by atoms with Crippen molar-refractivity contribution in [2.45, 2.75) is 39.0 Å². The number of hydrogen-bond acceptors (Lipinski definition) is 5. The number of hydrogen-bond donors (Lipinski definition) is 2. The van der Waals surface area contributed by atoms with E-state index >= 15 is 0 Å². The number of urea groups is 1. The number of halogens is 1. The van der Waals surface area contributed by atoms with Gasteiger partial charge in [0.05, 0.1) is 17.6 Å².